The van der Waals surface area contributed by atoms with Crippen molar-refractivity contribution in [2.75, 3.05) is 6.61 Å². The third kappa shape index (κ3) is 2.37. The largest absolute Gasteiger partial charge is 0.377 e. The first-order chi connectivity index (χ1) is 14.5. The molecule has 6 rings (SSSR count). The van der Waals surface area contributed by atoms with Crippen LogP contribution in [0.15, 0.2) is 0 Å². The van der Waals surface area contributed by atoms with Crippen molar-refractivity contribution in [2.24, 2.45) is 56.7 Å². The summed E-state index contributed by atoms with van der Waals surface area (Å²) in [7, 11) is 0. The second kappa shape index (κ2) is 6.19. The number of fused-ring (bicyclic) bond motifs is 5. The monoisotopic (exact) mass is 426 g/mol. The van der Waals surface area contributed by atoms with Gasteiger partial charge in [0.05, 0.1) is 12.7 Å². The maximum absolute atomic E-state index is 12.6. The van der Waals surface area contributed by atoms with E-state index in [4.69, 9.17) is 4.74 Å². The molecule has 2 bridgehead atoms. The van der Waals surface area contributed by atoms with Crippen LogP contribution < -0.4 is 0 Å². The lowest BCUT2D eigenvalue weighted by atomic mass is 9.32. The van der Waals surface area contributed by atoms with Gasteiger partial charge in [-0.15, -0.1) is 0 Å². The van der Waals surface area contributed by atoms with Crippen molar-refractivity contribution in [3.63, 3.8) is 0 Å². The molecule has 31 heavy (non-hydrogen) atoms. The Kier molecular flexibility index (Phi) is 4.23. The maximum Gasteiger partial charge on any atom is 0.136 e. The predicted molar refractivity (Wildman–Crippen MR) is 125 cm³/mol. The number of ketones is 1. The first-order valence-corrected chi connectivity index (χ1v) is 13.6. The Labute approximate surface area is 190 Å². The quantitative estimate of drug-likeness (QED) is 0.414. The number of carbonyl (C=O) groups excluding carboxylic acids is 1. The van der Waals surface area contributed by atoms with E-state index in [-0.39, 0.29) is 5.92 Å². The van der Waals surface area contributed by atoms with Crippen molar-refractivity contribution in [1.29, 1.82) is 0 Å². The van der Waals surface area contributed by atoms with Gasteiger partial charge in [-0.2, -0.15) is 0 Å². The molecule has 6 aliphatic rings. The SMILES string of the molecule is C[C@@H]1C(=O)CC[C@@]2(C)C1CC[C@]1(C)[C@@H]2CC[C@@H]2[C@H]3C4OC[C@@]3(CCC4(C)C)CC[C@]21C. The van der Waals surface area contributed by atoms with E-state index in [1.807, 2.05) is 0 Å². The van der Waals surface area contributed by atoms with Gasteiger partial charge in [-0.3, -0.25) is 4.79 Å². The molecule has 1 aliphatic heterocycles. The Bertz CT molecular complexity index is 801. The number of carbonyl (C=O) groups is 1. The van der Waals surface area contributed by atoms with E-state index >= 15 is 0 Å². The summed E-state index contributed by atoms with van der Waals surface area (Å²) in [6, 6.07) is 0. The summed E-state index contributed by atoms with van der Waals surface area (Å²) >= 11 is 0. The minimum Gasteiger partial charge on any atom is -0.377 e. The minimum atomic E-state index is 0.284. The average Bonchev–Trinajstić information content (AvgIpc) is 3.05. The summed E-state index contributed by atoms with van der Waals surface area (Å²) in [6.45, 7) is 16.3. The van der Waals surface area contributed by atoms with Gasteiger partial charge in [0.1, 0.15) is 5.78 Å². The van der Waals surface area contributed by atoms with Crippen LogP contribution in [0.4, 0.5) is 0 Å². The molecule has 0 aromatic carbocycles. The van der Waals surface area contributed by atoms with Gasteiger partial charge in [0.25, 0.3) is 0 Å². The highest BCUT2D eigenvalue weighted by Gasteiger charge is 2.72. The van der Waals surface area contributed by atoms with E-state index in [0.717, 1.165) is 37.2 Å². The molecule has 2 unspecified atom stereocenters. The average molecular weight is 427 g/mol. The van der Waals surface area contributed by atoms with Crippen molar-refractivity contribution >= 4 is 5.78 Å². The molecule has 0 aromatic rings. The number of ether oxygens (including phenoxy) is 1. The second-order valence-electron chi connectivity index (χ2n) is 14.6. The molecule has 0 N–H and O–H groups in total. The van der Waals surface area contributed by atoms with Crippen molar-refractivity contribution in [3.05, 3.63) is 0 Å². The van der Waals surface area contributed by atoms with Crippen LogP contribution >= 0.6 is 0 Å². The summed E-state index contributed by atoms with van der Waals surface area (Å²) in [5.41, 5.74) is 2.04. The highest BCUT2D eigenvalue weighted by atomic mass is 16.5. The van der Waals surface area contributed by atoms with Crippen LogP contribution in [-0.2, 0) is 9.53 Å². The lowest BCUT2D eigenvalue weighted by molar-refractivity contribution is -0.234. The van der Waals surface area contributed by atoms with Gasteiger partial charge in [0.15, 0.2) is 0 Å². The topological polar surface area (TPSA) is 26.3 Å². The first kappa shape index (κ1) is 21.2. The van der Waals surface area contributed by atoms with Gasteiger partial charge in [-0.05, 0) is 109 Å². The Balaban J connectivity index is 1.39. The molecule has 5 saturated carbocycles. The van der Waals surface area contributed by atoms with Crippen molar-refractivity contribution in [3.8, 4) is 0 Å². The molecule has 2 heteroatoms. The Morgan fingerprint density at radius 1 is 0.806 bits per heavy atom. The zero-order chi connectivity index (χ0) is 22.0. The molecule has 0 radical (unpaired) electrons. The summed E-state index contributed by atoms with van der Waals surface area (Å²) in [6.07, 6.45) is 13.4. The molecular formula is C29H46O2. The van der Waals surface area contributed by atoms with E-state index in [1.54, 1.807) is 0 Å². The number of hydrogen-bond acceptors (Lipinski definition) is 2. The van der Waals surface area contributed by atoms with Crippen LogP contribution in [-0.4, -0.2) is 18.5 Å². The molecule has 0 amide bonds. The minimum absolute atomic E-state index is 0.284. The van der Waals surface area contributed by atoms with E-state index in [1.165, 1.54) is 51.4 Å². The van der Waals surface area contributed by atoms with Crippen molar-refractivity contribution in [1.82, 2.24) is 0 Å². The van der Waals surface area contributed by atoms with Gasteiger partial charge in [-0.1, -0.05) is 41.5 Å². The normalized spacial score (nSPS) is 59.9. The highest BCUT2D eigenvalue weighted by Crippen LogP contribution is 2.77. The fraction of sp³-hybridized carbons (Fsp3) is 0.966. The van der Waals surface area contributed by atoms with Crippen LogP contribution in [0.2, 0.25) is 0 Å². The zero-order valence-electron chi connectivity index (χ0n) is 21.1. The summed E-state index contributed by atoms with van der Waals surface area (Å²) in [4.78, 5) is 12.6. The van der Waals surface area contributed by atoms with E-state index in [9.17, 15) is 4.79 Å². The Morgan fingerprint density at radius 2 is 1.55 bits per heavy atom. The van der Waals surface area contributed by atoms with E-state index in [0.29, 0.717) is 44.9 Å². The van der Waals surface area contributed by atoms with Gasteiger partial charge in [-0.25, -0.2) is 0 Å². The fourth-order valence-electron chi connectivity index (χ4n) is 11.4. The molecule has 0 spiro atoms. The summed E-state index contributed by atoms with van der Waals surface area (Å²) in [5, 5.41) is 0. The van der Waals surface area contributed by atoms with E-state index in [2.05, 4.69) is 41.5 Å². The maximum atomic E-state index is 12.6. The van der Waals surface area contributed by atoms with Crippen LogP contribution in [0.25, 0.3) is 0 Å². The van der Waals surface area contributed by atoms with Crippen LogP contribution in [0, 0.1) is 56.7 Å². The number of hydrogen-bond donors (Lipinski definition) is 0. The first-order valence-electron chi connectivity index (χ1n) is 13.6. The van der Waals surface area contributed by atoms with Gasteiger partial charge < -0.3 is 4.74 Å². The molecule has 174 valence electrons. The molecule has 1 saturated heterocycles. The molecule has 5 aliphatic carbocycles. The van der Waals surface area contributed by atoms with Crippen LogP contribution in [0.5, 0.6) is 0 Å². The molecule has 0 aromatic heterocycles. The molecule has 6 fully saturated rings. The van der Waals surface area contributed by atoms with Gasteiger partial charge >= 0.3 is 0 Å². The summed E-state index contributed by atoms with van der Waals surface area (Å²) < 4.78 is 6.69. The Morgan fingerprint density at radius 3 is 2.32 bits per heavy atom. The van der Waals surface area contributed by atoms with Gasteiger partial charge in [0.2, 0.25) is 0 Å². The highest BCUT2D eigenvalue weighted by molar-refractivity contribution is 5.82. The molecular weight excluding hydrogens is 380 g/mol. The lowest BCUT2D eigenvalue weighted by Crippen LogP contribution is -2.66. The fourth-order valence-corrected chi connectivity index (χ4v) is 11.4. The molecule has 2 nitrogen and oxygen atoms in total. The number of Topliss-reactive ketones (excluding diaryl/α,β-unsaturated/α-hetero) is 1. The van der Waals surface area contributed by atoms with Crippen LogP contribution in [0.3, 0.4) is 0 Å². The Hall–Kier alpha value is -0.370. The summed E-state index contributed by atoms with van der Waals surface area (Å²) in [5.74, 6) is 3.85. The van der Waals surface area contributed by atoms with Crippen molar-refractivity contribution < 1.29 is 9.53 Å². The predicted octanol–water partition coefficient (Wildman–Crippen LogP) is 7.06. The molecule has 1 heterocycles. The number of rotatable bonds is 0. The third-order valence-corrected chi connectivity index (χ3v) is 13.5. The lowest BCUT2D eigenvalue weighted by Gasteiger charge is -2.72. The van der Waals surface area contributed by atoms with Gasteiger partial charge in [0, 0.05) is 12.3 Å². The third-order valence-electron chi connectivity index (χ3n) is 13.5. The van der Waals surface area contributed by atoms with Crippen LogP contribution in [0.1, 0.15) is 106 Å². The molecule has 10 atom stereocenters. The smallest absolute Gasteiger partial charge is 0.136 e. The standard InChI is InChI=1S/C29H46O2/c1-18-19-9-12-28(6)22(26(19,4)11-10-21(18)30)8-7-20-23-24-25(2,3)13-15-29(23,17-31-24)16-14-27(20,28)5/h18-20,22-24H,7-17H2,1-6H3/t18-,19?,20+,22+,23-,24?,26-,27+,28+,29+/m0/s1. The second-order valence-corrected chi connectivity index (χ2v) is 14.6. The van der Waals surface area contributed by atoms with Crippen molar-refractivity contribution in [2.45, 2.75) is 112 Å². The van der Waals surface area contributed by atoms with E-state index < -0.39 is 0 Å². The zero-order valence-corrected chi connectivity index (χ0v) is 21.1.